The second-order valence-corrected chi connectivity index (χ2v) is 9.18. The molecule has 36 heavy (non-hydrogen) atoms. The van der Waals surface area contributed by atoms with Crippen molar-refractivity contribution in [3.63, 3.8) is 0 Å². The summed E-state index contributed by atoms with van der Waals surface area (Å²) in [5.74, 6) is -0.885. The number of aliphatic hydroxyl groups excluding tert-OH is 1. The van der Waals surface area contributed by atoms with Crippen LogP contribution >= 0.6 is 15.9 Å². The van der Waals surface area contributed by atoms with Gasteiger partial charge in [0.2, 0.25) is 0 Å². The van der Waals surface area contributed by atoms with Crippen molar-refractivity contribution in [3.05, 3.63) is 87.4 Å². The van der Waals surface area contributed by atoms with Crippen molar-refractivity contribution in [1.29, 1.82) is 0 Å². The summed E-state index contributed by atoms with van der Waals surface area (Å²) in [6, 6.07) is 16.3. The highest BCUT2D eigenvalue weighted by molar-refractivity contribution is 9.10. The third-order valence-electron chi connectivity index (χ3n) is 6.14. The van der Waals surface area contributed by atoms with E-state index >= 15 is 0 Å². The topological polar surface area (TPSA) is 106 Å². The van der Waals surface area contributed by atoms with E-state index in [0.29, 0.717) is 40.3 Å². The van der Waals surface area contributed by atoms with Gasteiger partial charge in [0.15, 0.2) is 23.0 Å². The maximum absolute atomic E-state index is 13.3. The van der Waals surface area contributed by atoms with E-state index in [-0.39, 0.29) is 29.4 Å². The SMILES string of the molecule is COc1cc([C@@H]2/C(=C(\O)c3ccc4c(c3)OCCO4)C(=O)C(=O)N2Cc2ccccc2)cc(Br)c1O. The molecule has 0 saturated carbocycles. The Bertz CT molecular complexity index is 1390. The van der Waals surface area contributed by atoms with Crippen molar-refractivity contribution in [3.8, 4) is 23.0 Å². The summed E-state index contributed by atoms with van der Waals surface area (Å²) < 4.78 is 16.8. The Morgan fingerprint density at radius 3 is 2.50 bits per heavy atom. The first-order valence-electron chi connectivity index (χ1n) is 11.2. The molecular formula is C27H22BrNO7. The molecule has 1 fully saturated rings. The number of halogens is 1. The van der Waals surface area contributed by atoms with Gasteiger partial charge in [-0.15, -0.1) is 0 Å². The number of benzene rings is 3. The summed E-state index contributed by atoms with van der Waals surface area (Å²) >= 11 is 3.32. The smallest absolute Gasteiger partial charge is 0.295 e. The number of ether oxygens (including phenoxy) is 3. The third kappa shape index (κ3) is 4.15. The van der Waals surface area contributed by atoms with Gasteiger partial charge in [0.25, 0.3) is 11.7 Å². The molecule has 0 radical (unpaired) electrons. The fourth-order valence-electron chi connectivity index (χ4n) is 4.42. The zero-order valence-corrected chi connectivity index (χ0v) is 20.8. The van der Waals surface area contributed by atoms with Crippen LogP contribution < -0.4 is 14.2 Å². The number of aliphatic hydroxyl groups is 1. The van der Waals surface area contributed by atoms with Crippen LogP contribution in [0.4, 0.5) is 0 Å². The lowest BCUT2D eigenvalue weighted by molar-refractivity contribution is -0.140. The molecule has 1 saturated heterocycles. The minimum absolute atomic E-state index is 0.0766. The van der Waals surface area contributed by atoms with E-state index in [2.05, 4.69) is 15.9 Å². The summed E-state index contributed by atoms with van der Waals surface area (Å²) in [6.45, 7) is 0.912. The highest BCUT2D eigenvalue weighted by atomic mass is 79.9. The molecule has 3 aromatic rings. The minimum atomic E-state index is -0.941. The van der Waals surface area contributed by atoms with Crippen LogP contribution in [0.2, 0.25) is 0 Å². The van der Waals surface area contributed by atoms with Crippen LogP contribution in [0.15, 0.2) is 70.7 Å². The molecule has 5 rings (SSSR count). The van der Waals surface area contributed by atoms with Crippen molar-refractivity contribution in [2.24, 2.45) is 0 Å². The van der Waals surface area contributed by atoms with Gasteiger partial charge in [0.1, 0.15) is 19.0 Å². The number of rotatable bonds is 5. The van der Waals surface area contributed by atoms with Crippen LogP contribution in [0.3, 0.4) is 0 Å². The molecule has 9 heteroatoms. The lowest BCUT2D eigenvalue weighted by Crippen LogP contribution is -2.29. The molecule has 0 aromatic heterocycles. The number of hydrogen-bond donors (Lipinski definition) is 2. The first kappa shape index (κ1) is 23.7. The van der Waals surface area contributed by atoms with Crippen molar-refractivity contribution < 1.29 is 34.0 Å². The maximum Gasteiger partial charge on any atom is 0.295 e. The Balaban J connectivity index is 1.68. The number of likely N-dealkylation sites (tertiary alicyclic amines) is 1. The molecular weight excluding hydrogens is 530 g/mol. The van der Waals surface area contributed by atoms with E-state index < -0.39 is 17.7 Å². The molecule has 0 spiro atoms. The number of phenolic OH excluding ortho intramolecular Hbond substituents is 1. The predicted molar refractivity (Wildman–Crippen MR) is 134 cm³/mol. The monoisotopic (exact) mass is 551 g/mol. The Morgan fingerprint density at radius 2 is 1.78 bits per heavy atom. The Hall–Kier alpha value is -3.98. The van der Waals surface area contributed by atoms with Crippen molar-refractivity contribution in [2.45, 2.75) is 12.6 Å². The summed E-state index contributed by atoms with van der Waals surface area (Å²) in [6.07, 6.45) is 0. The number of carbonyl (C=O) groups is 2. The van der Waals surface area contributed by atoms with Crippen LogP contribution in [-0.4, -0.2) is 47.1 Å². The van der Waals surface area contributed by atoms with Gasteiger partial charge in [-0.25, -0.2) is 0 Å². The van der Waals surface area contributed by atoms with Crippen LogP contribution in [0, 0.1) is 0 Å². The molecule has 2 heterocycles. The molecule has 2 N–H and O–H groups in total. The predicted octanol–water partition coefficient (Wildman–Crippen LogP) is 4.56. The molecule has 0 unspecified atom stereocenters. The van der Waals surface area contributed by atoms with Crippen molar-refractivity contribution >= 4 is 33.4 Å². The molecule has 2 aliphatic heterocycles. The Labute approximate surface area is 215 Å². The lowest BCUT2D eigenvalue weighted by atomic mass is 9.94. The van der Waals surface area contributed by atoms with Crippen LogP contribution in [0.5, 0.6) is 23.0 Å². The second-order valence-electron chi connectivity index (χ2n) is 8.32. The average molecular weight is 552 g/mol. The number of Topliss-reactive ketones (excluding diaryl/α,β-unsaturated/α-hetero) is 1. The van der Waals surface area contributed by atoms with Gasteiger partial charge in [-0.2, -0.15) is 0 Å². The highest BCUT2D eigenvalue weighted by Gasteiger charge is 2.46. The summed E-state index contributed by atoms with van der Waals surface area (Å²) in [5, 5.41) is 21.7. The van der Waals surface area contributed by atoms with Crippen molar-refractivity contribution in [1.82, 2.24) is 4.90 Å². The largest absolute Gasteiger partial charge is 0.507 e. The third-order valence-corrected chi connectivity index (χ3v) is 6.74. The van der Waals surface area contributed by atoms with Gasteiger partial charge < -0.3 is 29.3 Å². The molecule has 0 bridgehead atoms. The van der Waals surface area contributed by atoms with Gasteiger partial charge in [-0.1, -0.05) is 30.3 Å². The Morgan fingerprint density at radius 1 is 1.06 bits per heavy atom. The zero-order valence-electron chi connectivity index (χ0n) is 19.2. The van der Waals surface area contributed by atoms with Crippen LogP contribution in [0.25, 0.3) is 5.76 Å². The molecule has 1 amide bonds. The number of amides is 1. The maximum atomic E-state index is 13.3. The number of hydrogen-bond acceptors (Lipinski definition) is 7. The quantitative estimate of drug-likeness (QED) is 0.272. The van der Waals surface area contributed by atoms with Gasteiger partial charge in [0, 0.05) is 12.1 Å². The number of nitrogens with zero attached hydrogens (tertiary/aromatic N) is 1. The average Bonchev–Trinajstić information content (AvgIpc) is 3.15. The van der Waals surface area contributed by atoms with Crippen LogP contribution in [-0.2, 0) is 16.1 Å². The minimum Gasteiger partial charge on any atom is -0.507 e. The van der Waals surface area contributed by atoms with E-state index in [1.807, 2.05) is 30.3 Å². The zero-order chi connectivity index (χ0) is 25.4. The number of fused-ring (bicyclic) bond motifs is 1. The van der Waals surface area contributed by atoms with Gasteiger partial charge in [-0.3, -0.25) is 9.59 Å². The van der Waals surface area contributed by atoms with Crippen LogP contribution in [0.1, 0.15) is 22.7 Å². The van der Waals surface area contributed by atoms with Gasteiger partial charge in [0.05, 0.1) is 23.2 Å². The lowest BCUT2D eigenvalue weighted by Gasteiger charge is -2.26. The number of aromatic hydroxyl groups is 1. The molecule has 3 aromatic carbocycles. The van der Waals surface area contributed by atoms with E-state index in [1.165, 1.54) is 12.0 Å². The summed E-state index contributed by atoms with van der Waals surface area (Å²) in [4.78, 5) is 28.0. The summed E-state index contributed by atoms with van der Waals surface area (Å²) in [5.41, 5.74) is 1.53. The van der Waals surface area contributed by atoms with Crippen molar-refractivity contribution in [2.75, 3.05) is 20.3 Å². The molecule has 1 atom stereocenters. The van der Waals surface area contributed by atoms with E-state index in [4.69, 9.17) is 14.2 Å². The standard InChI is InChI=1S/C27H22BrNO7/c1-34-21-13-17(11-18(28)25(21)31)23-22(24(30)16-7-8-19-20(12-16)36-10-9-35-19)26(32)27(33)29(23)14-15-5-3-2-4-6-15/h2-8,11-13,23,30-31H,9-10,14H2,1H3/b24-22+/t23-/m1/s1. The normalized spacial score (nSPS) is 18.4. The molecule has 8 nitrogen and oxygen atoms in total. The number of ketones is 1. The highest BCUT2D eigenvalue weighted by Crippen LogP contribution is 2.45. The first-order chi connectivity index (χ1) is 17.4. The fourth-order valence-corrected chi connectivity index (χ4v) is 4.88. The first-order valence-corrected chi connectivity index (χ1v) is 12.0. The second kappa shape index (κ2) is 9.58. The number of methoxy groups -OCH3 is 1. The van der Waals surface area contributed by atoms with Gasteiger partial charge in [-0.05, 0) is 57.4 Å². The molecule has 184 valence electrons. The van der Waals surface area contributed by atoms with E-state index in [1.54, 1.807) is 30.3 Å². The number of phenols is 1. The molecule has 0 aliphatic carbocycles. The van der Waals surface area contributed by atoms with E-state index in [0.717, 1.165) is 5.56 Å². The number of carbonyl (C=O) groups excluding carboxylic acids is 2. The van der Waals surface area contributed by atoms with Gasteiger partial charge >= 0.3 is 0 Å². The summed E-state index contributed by atoms with van der Waals surface area (Å²) in [7, 11) is 1.40. The fraction of sp³-hybridized carbons (Fsp3) is 0.185. The molecule has 2 aliphatic rings. The Kier molecular flexibility index (Phi) is 6.32. The van der Waals surface area contributed by atoms with E-state index in [9.17, 15) is 19.8 Å².